The molecule has 2 fully saturated rings. The zero-order chi connectivity index (χ0) is 18.2. The zero-order valence-electron chi connectivity index (χ0n) is 15.4. The van der Waals surface area contributed by atoms with Crippen LogP contribution in [0.2, 0.25) is 0 Å². The van der Waals surface area contributed by atoms with Crippen molar-refractivity contribution >= 4 is 22.4 Å². The normalized spacial score (nSPS) is 31.0. The summed E-state index contributed by atoms with van der Waals surface area (Å²) in [7, 11) is 2.13. The fraction of sp³-hybridized carbons (Fsp3) is 0.476. The molecular formula is C21H24N4O2. The number of benzene rings is 1. The molecule has 1 aliphatic carbocycles. The van der Waals surface area contributed by atoms with Crippen LogP contribution in [0, 0.1) is 11.3 Å². The molecule has 4 aliphatic rings. The maximum absolute atomic E-state index is 13.0. The number of H-pyrrole nitrogens is 1. The van der Waals surface area contributed by atoms with Crippen LogP contribution in [0.1, 0.15) is 11.1 Å². The fourth-order valence-corrected chi connectivity index (χ4v) is 5.18. The number of fused-ring (bicyclic) bond motifs is 2. The number of nitrogens with one attached hydrogen (secondary N) is 3. The first kappa shape index (κ1) is 15.9. The molecule has 0 bridgehead atoms. The Labute approximate surface area is 157 Å². The third kappa shape index (κ3) is 2.15. The van der Waals surface area contributed by atoms with Crippen molar-refractivity contribution < 1.29 is 9.53 Å². The quantitative estimate of drug-likeness (QED) is 0.747. The van der Waals surface area contributed by atoms with Crippen LogP contribution in [-0.4, -0.2) is 61.3 Å². The molecule has 140 valence electrons. The third-order valence-corrected chi connectivity index (χ3v) is 6.93. The van der Waals surface area contributed by atoms with Crippen molar-refractivity contribution in [2.75, 3.05) is 33.3 Å². The standard InChI is InChI=1S/C21H24N4O2/c1-25-8-13(19(26)24-20-21(11-27-20)9-22-10-21)5-15-14-3-2-4-16-18(14)12(7-23-16)6-17(15)25/h2-5,7,13,17,20,22-23H,6,8-11H2,1H3,(H,24,26)/t13-,17-,20?/m1/s1. The van der Waals surface area contributed by atoms with E-state index in [0.29, 0.717) is 6.04 Å². The first-order valence-electron chi connectivity index (χ1n) is 9.79. The second-order valence-corrected chi connectivity index (χ2v) is 8.60. The van der Waals surface area contributed by atoms with E-state index >= 15 is 0 Å². The van der Waals surface area contributed by atoms with E-state index in [1.807, 2.05) is 0 Å². The van der Waals surface area contributed by atoms with Crippen molar-refractivity contribution in [2.45, 2.75) is 18.7 Å². The number of aromatic amines is 1. The first-order chi connectivity index (χ1) is 13.1. The highest BCUT2D eigenvalue weighted by molar-refractivity contribution is 5.99. The lowest BCUT2D eigenvalue weighted by molar-refractivity contribution is -0.222. The minimum atomic E-state index is -0.147. The monoisotopic (exact) mass is 364 g/mol. The molecule has 2 aromatic rings. The van der Waals surface area contributed by atoms with Gasteiger partial charge in [-0.15, -0.1) is 0 Å². The van der Waals surface area contributed by atoms with Crippen LogP contribution in [0.3, 0.4) is 0 Å². The number of carbonyl (C=O) groups excluding carboxylic acids is 1. The summed E-state index contributed by atoms with van der Waals surface area (Å²) >= 11 is 0. The predicted octanol–water partition coefficient (Wildman–Crippen LogP) is 1.10. The SMILES string of the molecule is CN1C[C@H](C(=O)NC2OCC23CNC3)C=C2c3cccc4[nH]cc(c34)C[C@H]21. The number of likely N-dealkylation sites (N-methyl/N-ethyl adjacent to an activating group) is 1. The second-order valence-electron chi connectivity index (χ2n) is 8.60. The number of nitrogens with zero attached hydrogens (tertiary/aromatic N) is 1. The number of carbonyl (C=O) groups is 1. The number of rotatable bonds is 2. The molecule has 1 aromatic carbocycles. The maximum atomic E-state index is 13.0. The number of hydrogen-bond donors (Lipinski definition) is 3. The van der Waals surface area contributed by atoms with Crippen LogP contribution < -0.4 is 10.6 Å². The maximum Gasteiger partial charge on any atom is 0.230 e. The van der Waals surface area contributed by atoms with E-state index < -0.39 is 0 Å². The van der Waals surface area contributed by atoms with Crippen LogP contribution >= 0.6 is 0 Å². The molecule has 27 heavy (non-hydrogen) atoms. The summed E-state index contributed by atoms with van der Waals surface area (Å²) in [4.78, 5) is 18.7. The van der Waals surface area contributed by atoms with E-state index in [1.54, 1.807) is 0 Å². The van der Waals surface area contributed by atoms with Crippen LogP contribution in [-0.2, 0) is 16.0 Å². The van der Waals surface area contributed by atoms with Gasteiger partial charge in [0, 0.05) is 42.8 Å². The van der Waals surface area contributed by atoms with Gasteiger partial charge in [0.2, 0.25) is 5.91 Å². The zero-order valence-corrected chi connectivity index (χ0v) is 15.4. The molecule has 1 amide bonds. The molecule has 1 aromatic heterocycles. The Bertz CT molecular complexity index is 968. The summed E-state index contributed by atoms with van der Waals surface area (Å²) in [5.74, 6) is -0.0675. The minimum absolute atomic E-state index is 0.0795. The van der Waals surface area contributed by atoms with Gasteiger partial charge in [-0.1, -0.05) is 18.2 Å². The van der Waals surface area contributed by atoms with Gasteiger partial charge in [0.1, 0.15) is 6.23 Å². The van der Waals surface area contributed by atoms with Crippen LogP contribution in [0.4, 0.5) is 0 Å². The highest BCUT2D eigenvalue weighted by Crippen LogP contribution is 2.41. The molecule has 3 aliphatic heterocycles. The Morgan fingerprint density at radius 1 is 1.37 bits per heavy atom. The Morgan fingerprint density at radius 2 is 2.26 bits per heavy atom. The molecule has 1 unspecified atom stereocenters. The fourth-order valence-electron chi connectivity index (χ4n) is 5.18. The largest absolute Gasteiger partial charge is 0.361 e. The smallest absolute Gasteiger partial charge is 0.230 e. The van der Waals surface area contributed by atoms with Crippen molar-refractivity contribution in [2.24, 2.45) is 11.3 Å². The topological polar surface area (TPSA) is 69.4 Å². The van der Waals surface area contributed by atoms with E-state index in [-0.39, 0.29) is 23.5 Å². The summed E-state index contributed by atoms with van der Waals surface area (Å²) in [5.41, 5.74) is 5.24. The summed E-state index contributed by atoms with van der Waals surface area (Å²) in [6.07, 6.45) is 5.19. The number of hydrogen-bond acceptors (Lipinski definition) is 4. The van der Waals surface area contributed by atoms with Crippen molar-refractivity contribution in [3.63, 3.8) is 0 Å². The van der Waals surface area contributed by atoms with E-state index in [4.69, 9.17) is 4.74 Å². The van der Waals surface area contributed by atoms with Gasteiger partial charge in [-0.25, -0.2) is 0 Å². The lowest BCUT2D eigenvalue weighted by Gasteiger charge is -2.55. The highest BCUT2D eigenvalue weighted by atomic mass is 16.5. The summed E-state index contributed by atoms with van der Waals surface area (Å²) in [6.45, 7) is 3.36. The van der Waals surface area contributed by atoms with Gasteiger partial charge < -0.3 is 20.4 Å². The first-order valence-corrected chi connectivity index (χ1v) is 9.79. The Hall–Kier alpha value is -2.15. The van der Waals surface area contributed by atoms with Gasteiger partial charge in [0.15, 0.2) is 0 Å². The molecule has 2 saturated heterocycles. The van der Waals surface area contributed by atoms with Crippen LogP contribution in [0.15, 0.2) is 30.5 Å². The van der Waals surface area contributed by atoms with Gasteiger partial charge in [0.25, 0.3) is 0 Å². The van der Waals surface area contributed by atoms with Crippen molar-refractivity contribution in [1.82, 2.24) is 20.5 Å². The second kappa shape index (κ2) is 5.44. The van der Waals surface area contributed by atoms with Gasteiger partial charge in [-0.3, -0.25) is 9.69 Å². The molecule has 3 atom stereocenters. The van der Waals surface area contributed by atoms with Gasteiger partial charge in [-0.05, 0) is 36.2 Å². The van der Waals surface area contributed by atoms with E-state index in [2.05, 4.69) is 58.0 Å². The lowest BCUT2D eigenvalue weighted by atomic mass is 9.76. The third-order valence-electron chi connectivity index (χ3n) is 6.93. The van der Waals surface area contributed by atoms with Gasteiger partial charge in [-0.2, -0.15) is 0 Å². The number of ether oxygens (including phenoxy) is 1. The van der Waals surface area contributed by atoms with Gasteiger partial charge in [0.05, 0.1) is 17.9 Å². The molecule has 6 heteroatoms. The van der Waals surface area contributed by atoms with E-state index in [9.17, 15) is 4.79 Å². The Balaban J connectivity index is 1.33. The number of aromatic nitrogens is 1. The molecule has 3 N–H and O–H groups in total. The van der Waals surface area contributed by atoms with Crippen molar-refractivity contribution in [3.8, 4) is 0 Å². The minimum Gasteiger partial charge on any atom is -0.361 e. The predicted molar refractivity (Wildman–Crippen MR) is 103 cm³/mol. The summed E-state index contributed by atoms with van der Waals surface area (Å²) < 4.78 is 5.66. The van der Waals surface area contributed by atoms with Crippen molar-refractivity contribution in [1.29, 1.82) is 0 Å². The average Bonchev–Trinajstić information content (AvgIpc) is 3.02. The van der Waals surface area contributed by atoms with E-state index in [0.717, 1.165) is 32.7 Å². The summed E-state index contributed by atoms with van der Waals surface area (Å²) in [5, 5.41) is 7.77. The molecule has 0 saturated carbocycles. The molecule has 6 rings (SSSR count). The van der Waals surface area contributed by atoms with Crippen LogP contribution in [0.25, 0.3) is 16.5 Å². The lowest BCUT2D eigenvalue weighted by Crippen LogP contribution is -2.74. The molecule has 1 spiro atoms. The van der Waals surface area contributed by atoms with Crippen molar-refractivity contribution in [3.05, 3.63) is 41.6 Å². The average molecular weight is 364 g/mol. The Kier molecular flexibility index (Phi) is 3.20. The van der Waals surface area contributed by atoms with Crippen LogP contribution in [0.5, 0.6) is 0 Å². The molecule has 6 nitrogen and oxygen atoms in total. The summed E-state index contributed by atoms with van der Waals surface area (Å²) in [6, 6.07) is 6.75. The van der Waals surface area contributed by atoms with Gasteiger partial charge >= 0.3 is 0 Å². The van der Waals surface area contributed by atoms with E-state index in [1.165, 1.54) is 27.6 Å². The highest BCUT2D eigenvalue weighted by Gasteiger charge is 2.54. The number of amides is 1. The molecular weight excluding hydrogens is 340 g/mol. The molecule has 4 heterocycles. The molecule has 0 radical (unpaired) electrons. The Morgan fingerprint density at radius 3 is 3.00 bits per heavy atom.